The lowest BCUT2D eigenvalue weighted by Crippen LogP contribution is -2.38. The Morgan fingerprint density at radius 2 is 2.38 bits per heavy atom. The number of hydrogen-bond donors (Lipinski definition) is 0. The van der Waals surface area contributed by atoms with Gasteiger partial charge in [0.05, 0.1) is 18.7 Å². The molecule has 72 valence electrons. The maximum atomic E-state index is 11.3. The smallest absolute Gasteiger partial charge is 0.236 e. The molecule has 0 bridgehead atoms. The average molecular weight is 181 g/mol. The Hall–Kier alpha value is -1.08. The number of hydrogen-bond acceptors (Lipinski definition) is 3. The first kappa shape index (κ1) is 10.0. The van der Waals surface area contributed by atoms with Gasteiger partial charge in [-0.25, -0.2) is 0 Å². The van der Waals surface area contributed by atoms with Crippen molar-refractivity contribution in [2.45, 2.75) is 18.9 Å². The van der Waals surface area contributed by atoms with Gasteiger partial charge in [-0.1, -0.05) is 0 Å². The van der Waals surface area contributed by atoms with E-state index in [4.69, 9.17) is 5.26 Å². The second kappa shape index (κ2) is 4.24. The summed E-state index contributed by atoms with van der Waals surface area (Å²) in [7, 11) is 3.47. The highest BCUT2D eigenvalue weighted by molar-refractivity contribution is 5.77. The second-order valence-corrected chi connectivity index (χ2v) is 3.55. The highest BCUT2D eigenvalue weighted by atomic mass is 16.2. The van der Waals surface area contributed by atoms with E-state index in [-0.39, 0.29) is 11.9 Å². The fraction of sp³-hybridized carbons (Fsp3) is 0.778. The lowest BCUT2D eigenvalue weighted by molar-refractivity contribution is -0.129. The third kappa shape index (κ3) is 2.43. The number of nitrogens with zero attached hydrogens (tertiary/aromatic N) is 3. The molecule has 0 spiro atoms. The van der Waals surface area contributed by atoms with Gasteiger partial charge >= 0.3 is 0 Å². The van der Waals surface area contributed by atoms with E-state index in [1.54, 1.807) is 19.0 Å². The zero-order chi connectivity index (χ0) is 9.84. The van der Waals surface area contributed by atoms with Crippen molar-refractivity contribution in [3.8, 4) is 6.07 Å². The molecule has 1 amide bonds. The van der Waals surface area contributed by atoms with Gasteiger partial charge in [0.15, 0.2) is 0 Å². The van der Waals surface area contributed by atoms with Gasteiger partial charge in [-0.3, -0.25) is 9.69 Å². The lowest BCUT2D eigenvalue weighted by Gasteiger charge is -2.20. The summed E-state index contributed by atoms with van der Waals surface area (Å²) in [5.41, 5.74) is 0. The molecule has 1 aliphatic heterocycles. The fourth-order valence-electron chi connectivity index (χ4n) is 1.48. The fourth-order valence-corrected chi connectivity index (χ4v) is 1.48. The second-order valence-electron chi connectivity index (χ2n) is 3.55. The topological polar surface area (TPSA) is 47.3 Å². The summed E-state index contributed by atoms with van der Waals surface area (Å²) >= 11 is 0. The molecule has 1 atom stereocenters. The van der Waals surface area contributed by atoms with Crippen molar-refractivity contribution in [2.24, 2.45) is 0 Å². The van der Waals surface area contributed by atoms with Crippen molar-refractivity contribution in [2.75, 3.05) is 27.2 Å². The molecule has 0 saturated carbocycles. The summed E-state index contributed by atoms with van der Waals surface area (Å²) in [5.74, 6) is 0.0714. The van der Waals surface area contributed by atoms with E-state index in [1.165, 1.54) is 0 Å². The van der Waals surface area contributed by atoms with Crippen LogP contribution in [0, 0.1) is 11.3 Å². The van der Waals surface area contributed by atoms with Crippen LogP contribution in [0.5, 0.6) is 0 Å². The average Bonchev–Trinajstić information content (AvgIpc) is 2.51. The maximum absolute atomic E-state index is 11.3. The minimum Gasteiger partial charge on any atom is -0.348 e. The Bertz CT molecular complexity index is 232. The minimum atomic E-state index is -0.0519. The van der Waals surface area contributed by atoms with Crippen molar-refractivity contribution in [1.29, 1.82) is 5.26 Å². The van der Waals surface area contributed by atoms with Crippen LogP contribution < -0.4 is 0 Å². The van der Waals surface area contributed by atoms with Crippen molar-refractivity contribution in [3.63, 3.8) is 0 Å². The quantitative estimate of drug-likeness (QED) is 0.605. The van der Waals surface area contributed by atoms with Crippen LogP contribution in [-0.2, 0) is 4.79 Å². The molecule has 1 fully saturated rings. The molecule has 4 heteroatoms. The van der Waals surface area contributed by atoms with Gasteiger partial charge in [-0.05, 0) is 12.8 Å². The molecule has 0 aliphatic carbocycles. The van der Waals surface area contributed by atoms with Gasteiger partial charge in [0, 0.05) is 20.6 Å². The molecule has 0 aromatic carbocycles. The number of rotatable bonds is 2. The summed E-state index contributed by atoms with van der Waals surface area (Å²) < 4.78 is 0. The summed E-state index contributed by atoms with van der Waals surface area (Å²) in [6, 6.07) is 2.16. The molecular weight excluding hydrogens is 166 g/mol. The van der Waals surface area contributed by atoms with Crippen LogP contribution in [0.4, 0.5) is 0 Å². The van der Waals surface area contributed by atoms with Crippen molar-refractivity contribution < 1.29 is 4.79 Å². The maximum Gasteiger partial charge on any atom is 0.236 e. The zero-order valence-electron chi connectivity index (χ0n) is 8.16. The Morgan fingerprint density at radius 1 is 1.69 bits per heavy atom. The van der Waals surface area contributed by atoms with Crippen LogP contribution >= 0.6 is 0 Å². The number of amides is 1. The van der Waals surface area contributed by atoms with Gasteiger partial charge in [0.2, 0.25) is 5.91 Å². The molecule has 0 aromatic heterocycles. The van der Waals surface area contributed by atoms with E-state index >= 15 is 0 Å². The predicted molar refractivity (Wildman–Crippen MR) is 48.9 cm³/mol. The number of likely N-dealkylation sites (tertiary alicyclic amines) is 1. The Kier molecular flexibility index (Phi) is 3.26. The molecule has 1 aliphatic rings. The normalized spacial score (nSPS) is 22.7. The molecule has 1 unspecified atom stereocenters. The standard InChI is InChI=1S/C9H15N3O/c1-11(2)9(13)7-12-5-3-4-8(12)6-10/h8H,3-5,7H2,1-2H3. The molecular formula is C9H15N3O. The molecule has 0 radical (unpaired) electrons. The van der Waals surface area contributed by atoms with Crippen LogP contribution in [0.3, 0.4) is 0 Å². The van der Waals surface area contributed by atoms with Crippen LogP contribution in [0.15, 0.2) is 0 Å². The third-order valence-electron chi connectivity index (χ3n) is 2.35. The van der Waals surface area contributed by atoms with E-state index in [0.29, 0.717) is 6.54 Å². The number of likely N-dealkylation sites (N-methyl/N-ethyl adjacent to an activating group) is 1. The molecule has 1 heterocycles. The SMILES string of the molecule is CN(C)C(=O)CN1CCCC1C#N. The van der Waals surface area contributed by atoms with E-state index in [1.807, 2.05) is 4.90 Å². The number of carbonyl (C=O) groups is 1. The van der Waals surface area contributed by atoms with Gasteiger partial charge in [-0.15, -0.1) is 0 Å². The Balaban J connectivity index is 2.45. The molecule has 13 heavy (non-hydrogen) atoms. The van der Waals surface area contributed by atoms with Crippen molar-refractivity contribution in [3.05, 3.63) is 0 Å². The highest BCUT2D eigenvalue weighted by Gasteiger charge is 2.26. The van der Waals surface area contributed by atoms with E-state index in [2.05, 4.69) is 6.07 Å². The van der Waals surface area contributed by atoms with Gasteiger partial charge in [0.25, 0.3) is 0 Å². The highest BCUT2D eigenvalue weighted by Crippen LogP contribution is 2.15. The van der Waals surface area contributed by atoms with Gasteiger partial charge < -0.3 is 4.90 Å². The van der Waals surface area contributed by atoms with Crippen LogP contribution in [0.1, 0.15) is 12.8 Å². The monoisotopic (exact) mass is 181 g/mol. The van der Waals surface area contributed by atoms with Crippen LogP contribution in [0.2, 0.25) is 0 Å². The molecule has 1 rings (SSSR count). The summed E-state index contributed by atoms with van der Waals surface area (Å²) in [4.78, 5) is 14.8. The summed E-state index contributed by atoms with van der Waals surface area (Å²) in [6.07, 6.45) is 1.93. The number of nitriles is 1. The van der Waals surface area contributed by atoms with E-state index < -0.39 is 0 Å². The van der Waals surface area contributed by atoms with Gasteiger partial charge in [-0.2, -0.15) is 5.26 Å². The molecule has 0 N–H and O–H groups in total. The lowest BCUT2D eigenvalue weighted by atomic mass is 10.2. The predicted octanol–water partition coefficient (Wildman–Crippen LogP) is 0.0626. The first-order valence-electron chi connectivity index (χ1n) is 4.49. The van der Waals surface area contributed by atoms with Gasteiger partial charge in [0.1, 0.15) is 0 Å². The number of carbonyl (C=O) groups excluding carboxylic acids is 1. The van der Waals surface area contributed by atoms with E-state index in [9.17, 15) is 4.79 Å². The summed E-state index contributed by atoms with van der Waals surface area (Å²) in [6.45, 7) is 1.25. The summed E-state index contributed by atoms with van der Waals surface area (Å²) in [5, 5.41) is 8.77. The van der Waals surface area contributed by atoms with Crippen molar-refractivity contribution >= 4 is 5.91 Å². The largest absolute Gasteiger partial charge is 0.348 e. The zero-order valence-corrected chi connectivity index (χ0v) is 8.16. The van der Waals surface area contributed by atoms with Crippen molar-refractivity contribution in [1.82, 2.24) is 9.80 Å². The molecule has 4 nitrogen and oxygen atoms in total. The first-order valence-corrected chi connectivity index (χ1v) is 4.49. The van der Waals surface area contributed by atoms with Crippen LogP contribution in [-0.4, -0.2) is 48.9 Å². The molecule has 0 aromatic rings. The third-order valence-corrected chi connectivity index (χ3v) is 2.35. The Morgan fingerprint density at radius 3 is 2.92 bits per heavy atom. The minimum absolute atomic E-state index is 0.0519. The van der Waals surface area contributed by atoms with Crippen LogP contribution in [0.25, 0.3) is 0 Å². The molecule has 1 saturated heterocycles. The first-order chi connectivity index (χ1) is 6.15. The van der Waals surface area contributed by atoms with E-state index in [0.717, 1.165) is 19.4 Å². The Labute approximate surface area is 78.7 Å².